The topological polar surface area (TPSA) is 80.5 Å². The average Bonchev–Trinajstić information content (AvgIpc) is 3.07. The molecule has 7 heteroatoms. The van der Waals surface area contributed by atoms with E-state index in [0.29, 0.717) is 25.1 Å². The number of hydrogen-bond donors (Lipinski definition) is 2. The summed E-state index contributed by atoms with van der Waals surface area (Å²) in [6.07, 6.45) is 7.50. The van der Waals surface area contributed by atoms with Gasteiger partial charge in [-0.15, -0.1) is 0 Å². The second-order valence-electron chi connectivity index (χ2n) is 7.53. The lowest BCUT2D eigenvalue weighted by molar-refractivity contribution is -0.149. The van der Waals surface area contributed by atoms with Crippen molar-refractivity contribution in [3.63, 3.8) is 0 Å². The van der Waals surface area contributed by atoms with Crippen LogP contribution in [0.1, 0.15) is 59.2 Å². The highest BCUT2D eigenvalue weighted by molar-refractivity contribution is 5.80. The lowest BCUT2D eigenvalue weighted by Crippen LogP contribution is -2.45. The molecule has 1 aromatic heterocycles. The summed E-state index contributed by atoms with van der Waals surface area (Å²) < 4.78 is 7.32. The molecule has 0 saturated heterocycles. The Kier molecular flexibility index (Phi) is 8.61. The summed E-state index contributed by atoms with van der Waals surface area (Å²) in [6, 6.07) is 0.337. The van der Waals surface area contributed by atoms with Gasteiger partial charge in [0, 0.05) is 31.5 Å². The molecule has 0 bridgehead atoms. The van der Waals surface area contributed by atoms with Crippen LogP contribution in [-0.4, -0.2) is 40.7 Å². The van der Waals surface area contributed by atoms with Crippen LogP contribution in [0.2, 0.25) is 0 Å². The number of nitrogens with one attached hydrogen (secondary N) is 2. The van der Waals surface area contributed by atoms with E-state index in [1.165, 1.54) is 0 Å². The molecule has 1 aliphatic carbocycles. The zero-order valence-electron chi connectivity index (χ0n) is 17.2. The highest BCUT2D eigenvalue weighted by atomic mass is 16.5. The third kappa shape index (κ3) is 6.88. The molecule has 27 heavy (non-hydrogen) atoms. The van der Waals surface area contributed by atoms with Crippen molar-refractivity contribution in [2.75, 3.05) is 13.2 Å². The largest absolute Gasteiger partial charge is 0.466 e. The van der Waals surface area contributed by atoms with E-state index in [-0.39, 0.29) is 11.9 Å². The molecule has 0 aromatic carbocycles. The van der Waals surface area contributed by atoms with E-state index in [9.17, 15) is 4.79 Å². The number of aliphatic imine (C=N–C) groups is 1. The first kappa shape index (κ1) is 21.3. The molecular weight excluding hydrogens is 342 g/mol. The Balaban J connectivity index is 1.89. The normalized spacial score (nSPS) is 20.6. The first-order chi connectivity index (χ1) is 13.0. The molecule has 0 unspecified atom stereocenters. The van der Waals surface area contributed by atoms with Gasteiger partial charge in [0.25, 0.3) is 0 Å². The standard InChI is InChI=1S/C20H35N5O2/c1-5-21-20(23-13-18-22-11-12-25(18)14-15(3)4)24-17-9-7-16(8-10-17)19(26)27-6-2/h11-12,15-17H,5-10,13-14H2,1-4H3,(H2,21,23,24). The fourth-order valence-electron chi connectivity index (χ4n) is 3.45. The number of carbonyl (C=O) groups is 1. The Morgan fingerprint density at radius 3 is 2.70 bits per heavy atom. The number of carbonyl (C=O) groups excluding carboxylic acids is 1. The molecule has 1 aromatic rings. The van der Waals surface area contributed by atoms with Crippen LogP contribution in [0.5, 0.6) is 0 Å². The summed E-state index contributed by atoms with van der Waals surface area (Å²) in [5, 5.41) is 6.84. The van der Waals surface area contributed by atoms with Crippen molar-refractivity contribution < 1.29 is 9.53 Å². The monoisotopic (exact) mass is 377 g/mol. The molecule has 152 valence electrons. The van der Waals surface area contributed by atoms with Crippen LogP contribution >= 0.6 is 0 Å². The second-order valence-corrected chi connectivity index (χ2v) is 7.53. The maximum atomic E-state index is 11.9. The van der Waals surface area contributed by atoms with E-state index in [1.807, 2.05) is 19.3 Å². The molecule has 0 atom stereocenters. The summed E-state index contributed by atoms with van der Waals surface area (Å²) in [6.45, 7) is 11.1. The molecule has 7 nitrogen and oxygen atoms in total. The first-order valence-electron chi connectivity index (χ1n) is 10.2. The molecule has 2 N–H and O–H groups in total. The van der Waals surface area contributed by atoms with E-state index in [2.05, 4.69) is 41.0 Å². The number of esters is 1. The molecule has 0 spiro atoms. The molecule has 0 radical (unpaired) electrons. The third-order valence-electron chi connectivity index (χ3n) is 4.77. The van der Waals surface area contributed by atoms with Gasteiger partial charge in [-0.1, -0.05) is 13.8 Å². The molecule has 0 aliphatic heterocycles. The van der Waals surface area contributed by atoms with Crippen molar-refractivity contribution in [1.82, 2.24) is 20.2 Å². The van der Waals surface area contributed by atoms with Gasteiger partial charge in [-0.25, -0.2) is 9.98 Å². The lowest BCUT2D eigenvalue weighted by atomic mass is 9.86. The fraction of sp³-hybridized carbons (Fsp3) is 0.750. The zero-order chi connectivity index (χ0) is 19.6. The maximum absolute atomic E-state index is 11.9. The van der Waals surface area contributed by atoms with Crippen molar-refractivity contribution in [1.29, 1.82) is 0 Å². The number of rotatable bonds is 8. The SMILES string of the molecule is CCNC(=NCc1nccn1CC(C)C)NC1CCC(C(=O)OCC)CC1. The molecule has 0 amide bonds. The number of imidazole rings is 1. The van der Waals surface area contributed by atoms with Gasteiger partial charge < -0.3 is 19.9 Å². The Bertz CT molecular complexity index is 603. The highest BCUT2D eigenvalue weighted by Gasteiger charge is 2.27. The summed E-state index contributed by atoms with van der Waals surface area (Å²) >= 11 is 0. The maximum Gasteiger partial charge on any atom is 0.308 e. The number of guanidine groups is 1. The number of hydrogen-bond acceptors (Lipinski definition) is 4. The van der Waals surface area contributed by atoms with Gasteiger partial charge in [0.15, 0.2) is 5.96 Å². The van der Waals surface area contributed by atoms with Gasteiger partial charge in [0.1, 0.15) is 12.4 Å². The van der Waals surface area contributed by atoms with Crippen LogP contribution in [0.4, 0.5) is 0 Å². The van der Waals surface area contributed by atoms with E-state index in [4.69, 9.17) is 9.73 Å². The van der Waals surface area contributed by atoms with Crippen LogP contribution in [0.25, 0.3) is 0 Å². The Hall–Kier alpha value is -2.05. The van der Waals surface area contributed by atoms with E-state index in [0.717, 1.165) is 50.6 Å². The fourth-order valence-corrected chi connectivity index (χ4v) is 3.45. The van der Waals surface area contributed by atoms with Crippen molar-refractivity contribution in [2.45, 2.75) is 72.5 Å². The van der Waals surface area contributed by atoms with Crippen LogP contribution in [0.15, 0.2) is 17.4 Å². The van der Waals surface area contributed by atoms with Gasteiger partial charge in [0.05, 0.1) is 12.5 Å². The average molecular weight is 378 g/mol. The van der Waals surface area contributed by atoms with Crippen LogP contribution in [0, 0.1) is 11.8 Å². The lowest BCUT2D eigenvalue weighted by Gasteiger charge is -2.29. The molecule has 1 heterocycles. The van der Waals surface area contributed by atoms with E-state index >= 15 is 0 Å². The summed E-state index contributed by atoms with van der Waals surface area (Å²) in [4.78, 5) is 21.0. The van der Waals surface area contributed by atoms with Crippen molar-refractivity contribution in [2.24, 2.45) is 16.8 Å². The molecule has 1 fully saturated rings. The van der Waals surface area contributed by atoms with Gasteiger partial charge in [-0.2, -0.15) is 0 Å². The summed E-state index contributed by atoms with van der Waals surface area (Å²) in [5.74, 6) is 2.37. The second kappa shape index (κ2) is 10.9. The molecule has 1 saturated carbocycles. The molecule has 2 rings (SSSR count). The zero-order valence-corrected chi connectivity index (χ0v) is 17.2. The number of nitrogens with zero attached hydrogens (tertiary/aromatic N) is 3. The number of aromatic nitrogens is 2. The van der Waals surface area contributed by atoms with Crippen molar-refractivity contribution in [3.8, 4) is 0 Å². The Morgan fingerprint density at radius 2 is 2.07 bits per heavy atom. The van der Waals surface area contributed by atoms with E-state index in [1.54, 1.807) is 0 Å². The van der Waals surface area contributed by atoms with Gasteiger partial charge in [0.2, 0.25) is 0 Å². The third-order valence-corrected chi connectivity index (χ3v) is 4.77. The minimum Gasteiger partial charge on any atom is -0.466 e. The summed E-state index contributed by atoms with van der Waals surface area (Å²) in [5.41, 5.74) is 0. The van der Waals surface area contributed by atoms with Crippen molar-refractivity contribution >= 4 is 11.9 Å². The predicted octanol–water partition coefficient (Wildman–Crippen LogP) is 2.72. The first-order valence-corrected chi connectivity index (χ1v) is 10.2. The molecule has 1 aliphatic rings. The van der Waals surface area contributed by atoms with Crippen LogP contribution in [0.3, 0.4) is 0 Å². The summed E-state index contributed by atoms with van der Waals surface area (Å²) in [7, 11) is 0. The predicted molar refractivity (Wildman–Crippen MR) is 107 cm³/mol. The Labute approximate surface area is 163 Å². The molecular formula is C20H35N5O2. The Morgan fingerprint density at radius 1 is 1.33 bits per heavy atom. The smallest absolute Gasteiger partial charge is 0.308 e. The van der Waals surface area contributed by atoms with E-state index < -0.39 is 0 Å². The van der Waals surface area contributed by atoms with Gasteiger partial charge in [-0.05, 0) is 45.4 Å². The highest BCUT2D eigenvalue weighted by Crippen LogP contribution is 2.25. The number of ether oxygens (including phenoxy) is 1. The minimum absolute atomic E-state index is 0.0473. The van der Waals surface area contributed by atoms with Crippen molar-refractivity contribution in [3.05, 3.63) is 18.2 Å². The van der Waals surface area contributed by atoms with Gasteiger partial charge >= 0.3 is 5.97 Å². The van der Waals surface area contributed by atoms with Crippen LogP contribution < -0.4 is 10.6 Å². The van der Waals surface area contributed by atoms with Crippen LogP contribution in [-0.2, 0) is 22.6 Å². The minimum atomic E-state index is -0.0477. The van der Waals surface area contributed by atoms with Gasteiger partial charge in [-0.3, -0.25) is 4.79 Å². The quantitative estimate of drug-likeness (QED) is 0.414.